The minimum atomic E-state index is -0.217. The molecule has 0 radical (unpaired) electrons. The molecule has 21 heavy (non-hydrogen) atoms. The molecule has 4 heteroatoms. The minimum absolute atomic E-state index is 0.217. The van der Waals surface area contributed by atoms with Crippen molar-refractivity contribution in [1.82, 2.24) is 10.3 Å². The average molecular weight is 287 g/mol. The number of pyridine rings is 1. The molecule has 0 fully saturated rings. The van der Waals surface area contributed by atoms with E-state index in [4.69, 9.17) is 0 Å². The lowest BCUT2D eigenvalue weighted by atomic mass is 10.1. The number of aromatic nitrogens is 1. The summed E-state index contributed by atoms with van der Waals surface area (Å²) in [4.78, 5) is 6.39. The van der Waals surface area contributed by atoms with E-state index in [1.165, 1.54) is 17.7 Å². The molecule has 0 atom stereocenters. The van der Waals surface area contributed by atoms with Gasteiger partial charge in [0.05, 0.1) is 11.9 Å². The summed E-state index contributed by atoms with van der Waals surface area (Å²) in [5.74, 6) is -0.217. The molecule has 0 spiro atoms. The Kier molecular flexibility index (Phi) is 5.69. The topological polar surface area (TPSA) is 28.2 Å². The van der Waals surface area contributed by atoms with Crippen LogP contribution in [0.3, 0.4) is 0 Å². The third kappa shape index (κ3) is 4.02. The highest BCUT2D eigenvalue weighted by Crippen LogP contribution is 2.27. The number of nitrogens with one attached hydrogen (secondary N) is 1. The zero-order valence-electron chi connectivity index (χ0n) is 12.6. The fraction of sp³-hybridized carbons (Fsp3) is 0.353. The molecule has 3 nitrogen and oxygen atoms in total. The Balaban J connectivity index is 2.27. The van der Waals surface area contributed by atoms with Crippen LogP contribution in [0.4, 0.5) is 15.8 Å². The van der Waals surface area contributed by atoms with Crippen LogP contribution in [-0.4, -0.2) is 18.1 Å². The van der Waals surface area contributed by atoms with Crippen molar-refractivity contribution < 1.29 is 4.39 Å². The van der Waals surface area contributed by atoms with Crippen LogP contribution in [0.5, 0.6) is 0 Å². The van der Waals surface area contributed by atoms with Gasteiger partial charge in [-0.1, -0.05) is 6.92 Å². The molecule has 0 bridgehead atoms. The third-order valence-corrected chi connectivity index (χ3v) is 3.38. The van der Waals surface area contributed by atoms with Crippen molar-refractivity contribution in [2.45, 2.75) is 26.8 Å². The van der Waals surface area contributed by atoms with Crippen LogP contribution in [0.15, 0.2) is 42.7 Å². The van der Waals surface area contributed by atoms with Crippen LogP contribution < -0.4 is 10.2 Å². The number of nitrogens with zero attached hydrogens (tertiary/aromatic N) is 2. The molecule has 0 amide bonds. The van der Waals surface area contributed by atoms with Gasteiger partial charge in [0.15, 0.2) is 0 Å². The van der Waals surface area contributed by atoms with Gasteiger partial charge >= 0.3 is 0 Å². The Labute approximate surface area is 125 Å². The molecular weight excluding hydrogens is 265 g/mol. The highest BCUT2D eigenvalue weighted by atomic mass is 19.1. The van der Waals surface area contributed by atoms with Crippen LogP contribution in [0.2, 0.25) is 0 Å². The summed E-state index contributed by atoms with van der Waals surface area (Å²) >= 11 is 0. The minimum Gasteiger partial charge on any atom is -0.340 e. The predicted molar refractivity (Wildman–Crippen MR) is 85.3 cm³/mol. The first-order chi connectivity index (χ1) is 10.3. The van der Waals surface area contributed by atoms with Crippen molar-refractivity contribution in [3.63, 3.8) is 0 Å². The molecule has 112 valence electrons. The van der Waals surface area contributed by atoms with Crippen LogP contribution >= 0.6 is 0 Å². The molecule has 1 heterocycles. The highest BCUT2D eigenvalue weighted by molar-refractivity contribution is 5.65. The van der Waals surface area contributed by atoms with Crippen molar-refractivity contribution in [3.05, 3.63) is 54.1 Å². The maximum atomic E-state index is 13.1. The summed E-state index contributed by atoms with van der Waals surface area (Å²) in [6.45, 7) is 6.84. The number of anilines is 2. The second kappa shape index (κ2) is 7.74. The zero-order valence-corrected chi connectivity index (χ0v) is 12.6. The summed E-state index contributed by atoms with van der Waals surface area (Å²) in [6, 6.07) is 8.61. The molecule has 0 aliphatic rings. The molecule has 1 aromatic heterocycles. The Hall–Kier alpha value is -1.94. The largest absolute Gasteiger partial charge is 0.340 e. The van der Waals surface area contributed by atoms with E-state index in [0.717, 1.165) is 37.4 Å². The number of benzene rings is 1. The third-order valence-electron chi connectivity index (χ3n) is 3.38. The molecular formula is C17H22FN3. The number of halogens is 1. The summed E-state index contributed by atoms with van der Waals surface area (Å²) in [5.41, 5.74) is 3.24. The van der Waals surface area contributed by atoms with Crippen LogP contribution in [-0.2, 0) is 6.54 Å². The van der Waals surface area contributed by atoms with Gasteiger partial charge in [0, 0.05) is 25.0 Å². The lowest BCUT2D eigenvalue weighted by Gasteiger charge is -2.25. The van der Waals surface area contributed by atoms with Gasteiger partial charge in [-0.2, -0.15) is 0 Å². The van der Waals surface area contributed by atoms with Gasteiger partial charge in [-0.25, -0.2) is 4.39 Å². The van der Waals surface area contributed by atoms with Gasteiger partial charge in [-0.05, 0) is 55.8 Å². The van der Waals surface area contributed by atoms with Gasteiger partial charge in [0.1, 0.15) is 5.82 Å². The van der Waals surface area contributed by atoms with Crippen molar-refractivity contribution in [2.24, 2.45) is 0 Å². The molecule has 1 aromatic carbocycles. The molecule has 0 unspecified atom stereocenters. The smallest absolute Gasteiger partial charge is 0.123 e. The molecule has 0 aliphatic heterocycles. The van der Waals surface area contributed by atoms with Gasteiger partial charge < -0.3 is 10.2 Å². The van der Waals surface area contributed by atoms with Gasteiger partial charge in [0.2, 0.25) is 0 Å². The number of hydrogen-bond acceptors (Lipinski definition) is 3. The van der Waals surface area contributed by atoms with E-state index in [1.807, 2.05) is 18.5 Å². The van der Waals surface area contributed by atoms with Crippen molar-refractivity contribution in [2.75, 3.05) is 18.0 Å². The number of rotatable bonds is 7. The second-order valence-corrected chi connectivity index (χ2v) is 4.90. The van der Waals surface area contributed by atoms with E-state index in [0.29, 0.717) is 0 Å². The standard InChI is InChI=1S/C17H22FN3/c1-3-10-19-12-14-9-11-20-13-17(14)21(4-2)16-7-5-15(18)6-8-16/h5-9,11,13,19H,3-4,10,12H2,1-2H3. The van der Waals surface area contributed by atoms with Gasteiger partial charge in [0.25, 0.3) is 0 Å². The molecule has 2 aromatic rings. The van der Waals surface area contributed by atoms with E-state index in [1.54, 1.807) is 12.1 Å². The van der Waals surface area contributed by atoms with Crippen LogP contribution in [0, 0.1) is 5.82 Å². The summed E-state index contributed by atoms with van der Waals surface area (Å²) in [5, 5.41) is 3.42. The zero-order chi connectivity index (χ0) is 15.1. The first kappa shape index (κ1) is 15.4. The van der Waals surface area contributed by atoms with E-state index < -0.39 is 0 Å². The maximum Gasteiger partial charge on any atom is 0.123 e. The second-order valence-electron chi connectivity index (χ2n) is 4.90. The Morgan fingerprint density at radius 1 is 1.14 bits per heavy atom. The van der Waals surface area contributed by atoms with E-state index in [9.17, 15) is 4.39 Å². The van der Waals surface area contributed by atoms with E-state index in [-0.39, 0.29) is 5.82 Å². The number of hydrogen-bond donors (Lipinski definition) is 1. The summed E-state index contributed by atoms with van der Waals surface area (Å²) in [7, 11) is 0. The highest BCUT2D eigenvalue weighted by Gasteiger charge is 2.12. The molecule has 2 rings (SSSR count). The van der Waals surface area contributed by atoms with Gasteiger partial charge in [-0.15, -0.1) is 0 Å². The summed E-state index contributed by atoms with van der Waals surface area (Å²) in [6.07, 6.45) is 4.79. The average Bonchev–Trinajstić information content (AvgIpc) is 2.51. The Morgan fingerprint density at radius 3 is 2.57 bits per heavy atom. The Bertz CT molecular complexity index is 554. The lowest BCUT2D eigenvalue weighted by molar-refractivity contribution is 0.627. The molecule has 1 N–H and O–H groups in total. The fourth-order valence-electron chi connectivity index (χ4n) is 2.32. The van der Waals surface area contributed by atoms with Crippen molar-refractivity contribution in [1.29, 1.82) is 0 Å². The predicted octanol–water partition coefficient (Wildman–Crippen LogP) is 3.88. The van der Waals surface area contributed by atoms with Crippen LogP contribution in [0.1, 0.15) is 25.8 Å². The quantitative estimate of drug-likeness (QED) is 0.783. The first-order valence-electron chi connectivity index (χ1n) is 7.43. The fourth-order valence-corrected chi connectivity index (χ4v) is 2.32. The molecule has 0 saturated heterocycles. The van der Waals surface area contributed by atoms with E-state index in [2.05, 4.69) is 29.0 Å². The molecule has 0 aliphatic carbocycles. The van der Waals surface area contributed by atoms with Gasteiger partial charge in [-0.3, -0.25) is 4.98 Å². The first-order valence-corrected chi connectivity index (χ1v) is 7.43. The molecule has 0 saturated carbocycles. The normalized spacial score (nSPS) is 10.6. The van der Waals surface area contributed by atoms with Crippen LogP contribution in [0.25, 0.3) is 0 Å². The monoisotopic (exact) mass is 287 g/mol. The van der Waals surface area contributed by atoms with Crippen molar-refractivity contribution in [3.8, 4) is 0 Å². The van der Waals surface area contributed by atoms with E-state index >= 15 is 0 Å². The van der Waals surface area contributed by atoms with Crippen molar-refractivity contribution >= 4 is 11.4 Å². The Morgan fingerprint density at radius 2 is 1.90 bits per heavy atom. The SMILES string of the molecule is CCCNCc1ccncc1N(CC)c1ccc(F)cc1. The lowest BCUT2D eigenvalue weighted by Crippen LogP contribution is -2.21. The maximum absolute atomic E-state index is 13.1. The summed E-state index contributed by atoms with van der Waals surface area (Å²) < 4.78 is 13.1.